The van der Waals surface area contributed by atoms with Crippen molar-refractivity contribution in [2.75, 3.05) is 14.2 Å². The molecule has 0 radical (unpaired) electrons. The maximum absolute atomic E-state index is 12.4. The highest BCUT2D eigenvalue weighted by Crippen LogP contribution is 2.22. The quantitative estimate of drug-likeness (QED) is 0.607. The molecule has 2 aromatic carbocycles. The molecule has 0 heterocycles. The zero-order chi connectivity index (χ0) is 19.9. The highest BCUT2D eigenvalue weighted by molar-refractivity contribution is 5.97. The average molecular weight is 366 g/mol. The van der Waals surface area contributed by atoms with E-state index in [1.807, 2.05) is 6.07 Å². The van der Waals surface area contributed by atoms with Crippen molar-refractivity contribution in [1.82, 2.24) is 10.6 Å². The van der Waals surface area contributed by atoms with E-state index in [9.17, 15) is 14.4 Å². The van der Waals surface area contributed by atoms with Crippen molar-refractivity contribution in [1.29, 1.82) is 0 Å². The number of hydrogen-bond acceptors (Lipinski definition) is 4. The second-order valence-corrected chi connectivity index (χ2v) is 6.01. The molecule has 0 aliphatic carbocycles. The van der Waals surface area contributed by atoms with Gasteiger partial charge in [-0.15, -0.1) is 0 Å². The maximum atomic E-state index is 12.4. The third-order valence-electron chi connectivity index (χ3n) is 4.15. The van der Waals surface area contributed by atoms with Gasteiger partial charge in [0, 0.05) is 18.7 Å². The van der Waals surface area contributed by atoms with Crippen LogP contribution in [0.3, 0.4) is 0 Å². The van der Waals surface area contributed by atoms with Gasteiger partial charge in [0.05, 0.1) is 7.11 Å². The van der Waals surface area contributed by atoms with Crippen LogP contribution in [0.25, 0.3) is 6.08 Å². The van der Waals surface area contributed by atoms with Crippen LogP contribution in [0.1, 0.15) is 28.4 Å². The summed E-state index contributed by atoms with van der Waals surface area (Å²) >= 11 is 0. The SMILES string of the molecule is CNC(=O)c1ccc(/C=C\C(=O)N[C@](C)(C(=O)OC)c2ccccc2)cc1. The van der Waals surface area contributed by atoms with E-state index in [4.69, 9.17) is 4.74 Å². The number of amides is 2. The van der Waals surface area contributed by atoms with Gasteiger partial charge in [-0.05, 0) is 36.3 Å². The fourth-order valence-electron chi connectivity index (χ4n) is 2.57. The number of methoxy groups -OCH3 is 1. The van der Waals surface area contributed by atoms with Gasteiger partial charge in [-0.2, -0.15) is 0 Å². The second-order valence-electron chi connectivity index (χ2n) is 6.01. The van der Waals surface area contributed by atoms with Gasteiger partial charge < -0.3 is 15.4 Å². The molecule has 0 saturated heterocycles. The molecule has 2 amide bonds. The Hall–Kier alpha value is -3.41. The van der Waals surface area contributed by atoms with Crippen molar-refractivity contribution in [2.24, 2.45) is 0 Å². The molecule has 2 rings (SSSR count). The number of nitrogens with one attached hydrogen (secondary N) is 2. The minimum absolute atomic E-state index is 0.181. The topological polar surface area (TPSA) is 84.5 Å². The molecule has 140 valence electrons. The Kier molecular flexibility index (Phi) is 6.49. The highest BCUT2D eigenvalue weighted by Gasteiger charge is 2.37. The van der Waals surface area contributed by atoms with Crippen molar-refractivity contribution >= 4 is 23.9 Å². The molecule has 6 nitrogen and oxygen atoms in total. The van der Waals surface area contributed by atoms with E-state index in [0.29, 0.717) is 11.1 Å². The van der Waals surface area contributed by atoms with Crippen molar-refractivity contribution in [3.05, 3.63) is 77.4 Å². The first kappa shape index (κ1) is 19.9. The number of hydrogen-bond donors (Lipinski definition) is 2. The molecule has 0 bridgehead atoms. The lowest BCUT2D eigenvalue weighted by molar-refractivity contribution is -0.150. The minimum atomic E-state index is -1.31. The third-order valence-corrected chi connectivity index (χ3v) is 4.15. The molecule has 0 fully saturated rings. The van der Waals surface area contributed by atoms with E-state index in [-0.39, 0.29) is 5.91 Å². The molecule has 2 aromatic rings. The van der Waals surface area contributed by atoms with Gasteiger partial charge in [0.15, 0.2) is 5.54 Å². The smallest absolute Gasteiger partial charge is 0.336 e. The Bertz CT molecular complexity index is 844. The van der Waals surface area contributed by atoms with Crippen LogP contribution < -0.4 is 10.6 Å². The predicted octanol–water partition coefficient (Wildman–Crippen LogP) is 2.26. The largest absolute Gasteiger partial charge is 0.467 e. The zero-order valence-corrected chi connectivity index (χ0v) is 15.5. The number of ether oxygens (including phenoxy) is 1. The summed E-state index contributed by atoms with van der Waals surface area (Å²) in [6.45, 7) is 1.60. The van der Waals surface area contributed by atoms with Gasteiger partial charge in [0.2, 0.25) is 5.91 Å². The molecule has 1 atom stereocenters. The normalized spacial score (nSPS) is 12.9. The fourth-order valence-corrected chi connectivity index (χ4v) is 2.57. The van der Waals surface area contributed by atoms with E-state index in [2.05, 4.69) is 10.6 Å². The lowest BCUT2D eigenvalue weighted by Crippen LogP contribution is -2.49. The van der Waals surface area contributed by atoms with Gasteiger partial charge in [-0.25, -0.2) is 4.79 Å². The molecule has 0 aliphatic rings. The van der Waals surface area contributed by atoms with E-state index in [0.717, 1.165) is 5.56 Å². The Labute approximate surface area is 158 Å². The summed E-state index contributed by atoms with van der Waals surface area (Å²) in [5.41, 5.74) is 0.591. The molecular formula is C21H22N2O4. The van der Waals surface area contributed by atoms with E-state index in [1.165, 1.54) is 13.2 Å². The summed E-state index contributed by atoms with van der Waals surface area (Å²) in [7, 11) is 2.84. The number of benzene rings is 2. The Balaban J connectivity index is 2.15. The minimum Gasteiger partial charge on any atom is -0.467 e. The summed E-state index contributed by atoms with van der Waals surface area (Å²) in [6, 6.07) is 15.7. The summed E-state index contributed by atoms with van der Waals surface area (Å²) in [5.74, 6) is -1.19. The molecule has 6 heteroatoms. The van der Waals surface area contributed by atoms with Gasteiger partial charge in [-0.1, -0.05) is 42.5 Å². The van der Waals surface area contributed by atoms with Gasteiger partial charge in [0.1, 0.15) is 0 Å². The third kappa shape index (κ3) is 4.82. The molecule has 0 aromatic heterocycles. The molecule has 0 unspecified atom stereocenters. The van der Waals surface area contributed by atoms with Crippen LogP contribution in [0.2, 0.25) is 0 Å². The fraction of sp³-hybridized carbons (Fsp3) is 0.190. The molecule has 0 saturated carbocycles. The average Bonchev–Trinajstić information content (AvgIpc) is 2.71. The van der Waals surface area contributed by atoms with Crippen molar-refractivity contribution in [3.63, 3.8) is 0 Å². The van der Waals surface area contributed by atoms with E-state index < -0.39 is 17.4 Å². The molecule has 0 aliphatic heterocycles. The van der Waals surface area contributed by atoms with Crippen LogP contribution in [-0.2, 0) is 19.9 Å². The Morgan fingerprint density at radius 1 is 1.00 bits per heavy atom. The van der Waals surface area contributed by atoms with E-state index in [1.54, 1.807) is 68.6 Å². The molecule has 27 heavy (non-hydrogen) atoms. The van der Waals surface area contributed by atoms with Crippen LogP contribution in [0.15, 0.2) is 60.7 Å². The van der Waals surface area contributed by atoms with Crippen LogP contribution in [0, 0.1) is 0 Å². The van der Waals surface area contributed by atoms with Crippen molar-refractivity contribution < 1.29 is 19.1 Å². The first-order chi connectivity index (χ1) is 12.9. The summed E-state index contributed by atoms with van der Waals surface area (Å²) in [4.78, 5) is 36.2. The number of carbonyl (C=O) groups is 3. The monoisotopic (exact) mass is 366 g/mol. The van der Waals surface area contributed by atoms with Crippen molar-refractivity contribution in [3.8, 4) is 0 Å². The Morgan fingerprint density at radius 3 is 2.19 bits per heavy atom. The van der Waals surface area contributed by atoms with Crippen LogP contribution in [0.4, 0.5) is 0 Å². The number of esters is 1. The zero-order valence-electron chi connectivity index (χ0n) is 15.5. The number of rotatable bonds is 6. The maximum Gasteiger partial charge on any atom is 0.336 e. The predicted molar refractivity (Wildman–Crippen MR) is 103 cm³/mol. The van der Waals surface area contributed by atoms with Crippen LogP contribution >= 0.6 is 0 Å². The molecule has 2 N–H and O–H groups in total. The van der Waals surface area contributed by atoms with Crippen LogP contribution in [0.5, 0.6) is 0 Å². The summed E-state index contributed by atoms with van der Waals surface area (Å²) < 4.78 is 4.86. The van der Waals surface area contributed by atoms with Crippen LogP contribution in [-0.4, -0.2) is 31.9 Å². The Morgan fingerprint density at radius 2 is 1.63 bits per heavy atom. The summed E-state index contributed by atoms with van der Waals surface area (Å²) in [5, 5.41) is 5.25. The highest BCUT2D eigenvalue weighted by atomic mass is 16.5. The summed E-state index contributed by atoms with van der Waals surface area (Å²) in [6.07, 6.45) is 2.94. The van der Waals surface area contributed by atoms with Gasteiger partial charge in [0.25, 0.3) is 5.91 Å². The first-order valence-corrected chi connectivity index (χ1v) is 8.37. The second kappa shape index (κ2) is 8.80. The first-order valence-electron chi connectivity index (χ1n) is 8.37. The lowest BCUT2D eigenvalue weighted by Gasteiger charge is -2.27. The van der Waals surface area contributed by atoms with Gasteiger partial charge in [-0.3, -0.25) is 9.59 Å². The molecule has 0 spiro atoms. The lowest BCUT2D eigenvalue weighted by atomic mass is 9.92. The van der Waals surface area contributed by atoms with Gasteiger partial charge >= 0.3 is 5.97 Å². The molecular weight excluding hydrogens is 344 g/mol. The number of carbonyl (C=O) groups excluding carboxylic acids is 3. The standard InChI is InChI=1S/C21H22N2O4/c1-21(20(26)27-3,17-7-5-4-6-8-17)23-18(24)14-11-15-9-12-16(13-10-15)19(25)22-2/h4-14H,1-3H3,(H,22,25)(H,23,24)/b14-11-/t21-/m0/s1. The van der Waals surface area contributed by atoms with E-state index >= 15 is 0 Å². The van der Waals surface area contributed by atoms with Crippen molar-refractivity contribution in [2.45, 2.75) is 12.5 Å².